The number of hydrogen-bond donors (Lipinski definition) is 2. The van der Waals surface area contributed by atoms with Crippen LogP contribution in [-0.2, 0) is 0 Å². The second-order valence-corrected chi connectivity index (χ2v) is 4.19. The maximum atomic E-state index is 9.42. The minimum absolute atomic E-state index is 0.156. The third-order valence-electron chi connectivity index (χ3n) is 2.48. The van der Waals surface area contributed by atoms with E-state index in [-0.39, 0.29) is 6.61 Å². The first-order valence-electron chi connectivity index (χ1n) is 5.31. The minimum Gasteiger partial charge on any atom is -0.393 e. The van der Waals surface area contributed by atoms with Gasteiger partial charge < -0.3 is 14.7 Å². The number of hydrogen-bond acceptors (Lipinski definition) is 2. The number of aliphatic hydroxyl groups excluding tert-OH is 2. The molecule has 3 heteroatoms. The molecule has 0 rings (SSSR count). The van der Waals surface area contributed by atoms with Crippen molar-refractivity contribution >= 4 is 0 Å². The van der Waals surface area contributed by atoms with Gasteiger partial charge in [0.2, 0.25) is 0 Å². The average molecular weight is 202 g/mol. The molecule has 0 aliphatic rings. The fourth-order valence-corrected chi connectivity index (χ4v) is 1.68. The van der Waals surface area contributed by atoms with E-state index in [1.165, 1.54) is 0 Å². The summed E-state index contributed by atoms with van der Waals surface area (Å²) in [6.45, 7) is 8.20. The molecule has 0 aromatic carbocycles. The van der Waals surface area contributed by atoms with Crippen LogP contribution >= 0.6 is 0 Å². The van der Waals surface area contributed by atoms with Crippen LogP contribution in [0.1, 0.15) is 19.8 Å². The molecule has 0 aliphatic carbocycles. The predicted octanol–water partition coefficient (Wildman–Crippen LogP) is 0.772. The minimum atomic E-state index is -0.614. The number of likely N-dealkylation sites (N-methyl/N-ethyl adjacent to an activating group) is 1. The van der Waals surface area contributed by atoms with Crippen molar-refractivity contribution in [1.29, 1.82) is 0 Å². The van der Waals surface area contributed by atoms with Crippen molar-refractivity contribution in [3.05, 3.63) is 12.7 Å². The van der Waals surface area contributed by atoms with Crippen molar-refractivity contribution in [1.82, 2.24) is 0 Å². The first kappa shape index (κ1) is 13.6. The van der Waals surface area contributed by atoms with E-state index < -0.39 is 6.10 Å². The fraction of sp³-hybridized carbons (Fsp3) is 0.818. The largest absolute Gasteiger partial charge is 0.393 e. The normalized spacial score (nSPS) is 17.4. The summed E-state index contributed by atoms with van der Waals surface area (Å²) in [6.07, 6.45) is 3.56. The van der Waals surface area contributed by atoms with Crippen LogP contribution in [0.2, 0.25) is 0 Å². The number of quaternary nitrogens is 1. The summed E-state index contributed by atoms with van der Waals surface area (Å²) in [5, 5.41) is 18.2. The summed E-state index contributed by atoms with van der Waals surface area (Å²) in [7, 11) is 2.09. The molecule has 0 saturated heterocycles. The molecule has 0 aliphatic heterocycles. The zero-order chi connectivity index (χ0) is 11.0. The highest BCUT2D eigenvalue weighted by Gasteiger charge is 2.22. The van der Waals surface area contributed by atoms with Gasteiger partial charge in [-0.1, -0.05) is 19.9 Å². The van der Waals surface area contributed by atoms with Gasteiger partial charge in [0.15, 0.2) is 0 Å². The molecule has 0 aromatic rings. The van der Waals surface area contributed by atoms with Crippen molar-refractivity contribution in [3.8, 4) is 0 Å². The summed E-state index contributed by atoms with van der Waals surface area (Å²) < 4.78 is 0.763. The highest BCUT2D eigenvalue weighted by atomic mass is 16.3. The smallest absolute Gasteiger partial charge is 0.126 e. The third-order valence-corrected chi connectivity index (χ3v) is 2.48. The zero-order valence-electron chi connectivity index (χ0n) is 9.45. The zero-order valence-corrected chi connectivity index (χ0v) is 9.45. The lowest BCUT2D eigenvalue weighted by Gasteiger charge is -2.35. The SMILES string of the molecule is C=CC[N+](C)(CCCC)CC(O)CO. The molecule has 84 valence electrons. The van der Waals surface area contributed by atoms with Gasteiger partial charge in [0.05, 0.1) is 26.7 Å². The maximum absolute atomic E-state index is 9.42. The van der Waals surface area contributed by atoms with Crippen molar-refractivity contribution in [3.63, 3.8) is 0 Å². The van der Waals surface area contributed by atoms with Gasteiger partial charge in [-0.3, -0.25) is 0 Å². The van der Waals surface area contributed by atoms with E-state index in [4.69, 9.17) is 5.11 Å². The van der Waals surface area contributed by atoms with Crippen LogP contribution in [0.25, 0.3) is 0 Å². The van der Waals surface area contributed by atoms with Crippen LogP contribution in [0, 0.1) is 0 Å². The lowest BCUT2D eigenvalue weighted by molar-refractivity contribution is -0.907. The first-order valence-corrected chi connectivity index (χ1v) is 5.31. The quantitative estimate of drug-likeness (QED) is 0.451. The van der Waals surface area contributed by atoms with Crippen LogP contribution in [0.4, 0.5) is 0 Å². The van der Waals surface area contributed by atoms with E-state index in [0.29, 0.717) is 6.54 Å². The molecule has 0 radical (unpaired) electrons. The molecule has 0 heterocycles. The van der Waals surface area contributed by atoms with Crippen molar-refractivity contribution < 1.29 is 14.7 Å². The highest BCUT2D eigenvalue weighted by Crippen LogP contribution is 2.07. The van der Waals surface area contributed by atoms with Crippen LogP contribution in [0.15, 0.2) is 12.7 Å². The summed E-state index contributed by atoms with van der Waals surface area (Å²) >= 11 is 0. The van der Waals surface area contributed by atoms with Gasteiger partial charge in [-0.15, -0.1) is 0 Å². The molecule has 0 amide bonds. The molecular formula is C11H24NO2+. The fourth-order valence-electron chi connectivity index (χ4n) is 1.68. The Morgan fingerprint density at radius 1 is 1.50 bits per heavy atom. The predicted molar refractivity (Wildman–Crippen MR) is 59.0 cm³/mol. The van der Waals surface area contributed by atoms with Gasteiger partial charge in [-0.05, 0) is 12.5 Å². The van der Waals surface area contributed by atoms with Gasteiger partial charge in [-0.25, -0.2) is 0 Å². The lowest BCUT2D eigenvalue weighted by Crippen LogP contribution is -2.50. The molecule has 2 atom stereocenters. The molecule has 2 unspecified atom stereocenters. The van der Waals surface area contributed by atoms with Gasteiger partial charge in [0, 0.05) is 0 Å². The van der Waals surface area contributed by atoms with E-state index >= 15 is 0 Å². The second-order valence-electron chi connectivity index (χ2n) is 4.19. The summed E-state index contributed by atoms with van der Waals surface area (Å²) in [4.78, 5) is 0. The Labute approximate surface area is 87.3 Å². The van der Waals surface area contributed by atoms with E-state index in [1.54, 1.807) is 0 Å². The highest BCUT2D eigenvalue weighted by molar-refractivity contribution is 4.66. The third kappa shape index (κ3) is 5.37. The summed E-state index contributed by atoms with van der Waals surface area (Å²) in [6, 6.07) is 0. The number of nitrogens with zero attached hydrogens (tertiary/aromatic N) is 1. The molecule has 0 aromatic heterocycles. The van der Waals surface area contributed by atoms with Gasteiger partial charge in [0.1, 0.15) is 12.6 Å². The van der Waals surface area contributed by atoms with Crippen LogP contribution in [-0.4, -0.2) is 54.1 Å². The summed E-state index contributed by atoms with van der Waals surface area (Å²) in [5.74, 6) is 0. The number of rotatable bonds is 8. The van der Waals surface area contributed by atoms with Crippen molar-refractivity contribution in [2.24, 2.45) is 0 Å². The summed E-state index contributed by atoms with van der Waals surface area (Å²) in [5.41, 5.74) is 0. The molecular weight excluding hydrogens is 178 g/mol. The van der Waals surface area contributed by atoms with E-state index in [2.05, 4.69) is 20.6 Å². The topological polar surface area (TPSA) is 40.5 Å². The molecule has 0 spiro atoms. The van der Waals surface area contributed by atoms with E-state index in [0.717, 1.165) is 30.4 Å². The Morgan fingerprint density at radius 3 is 2.57 bits per heavy atom. The van der Waals surface area contributed by atoms with Crippen molar-refractivity contribution in [2.75, 3.05) is 33.3 Å². The Morgan fingerprint density at radius 2 is 2.14 bits per heavy atom. The van der Waals surface area contributed by atoms with Gasteiger partial charge in [-0.2, -0.15) is 0 Å². The van der Waals surface area contributed by atoms with Gasteiger partial charge in [0.25, 0.3) is 0 Å². The van der Waals surface area contributed by atoms with Crippen LogP contribution in [0.5, 0.6) is 0 Å². The first-order chi connectivity index (χ1) is 6.58. The monoisotopic (exact) mass is 202 g/mol. The van der Waals surface area contributed by atoms with Crippen LogP contribution < -0.4 is 0 Å². The maximum Gasteiger partial charge on any atom is 0.126 e. The molecule has 0 saturated carbocycles. The Kier molecular flexibility index (Phi) is 6.79. The Hall–Kier alpha value is -0.380. The second kappa shape index (κ2) is 6.98. The Bertz CT molecular complexity index is 161. The van der Waals surface area contributed by atoms with Gasteiger partial charge >= 0.3 is 0 Å². The van der Waals surface area contributed by atoms with E-state index in [9.17, 15) is 5.11 Å². The average Bonchev–Trinajstić information content (AvgIpc) is 2.15. The van der Waals surface area contributed by atoms with Crippen molar-refractivity contribution in [2.45, 2.75) is 25.9 Å². The number of unbranched alkanes of at least 4 members (excludes halogenated alkanes) is 1. The number of aliphatic hydroxyl groups is 2. The lowest BCUT2D eigenvalue weighted by atomic mass is 10.2. The molecule has 3 nitrogen and oxygen atoms in total. The standard InChI is InChI=1S/C11H24NO2/c1-4-6-8-12(3,7-5-2)9-11(14)10-13/h5,11,13-14H,2,4,6-10H2,1,3H3/q+1. The van der Waals surface area contributed by atoms with E-state index in [1.807, 2.05) is 6.08 Å². The molecule has 14 heavy (non-hydrogen) atoms. The molecule has 0 bridgehead atoms. The van der Waals surface area contributed by atoms with Crippen LogP contribution in [0.3, 0.4) is 0 Å². The molecule has 2 N–H and O–H groups in total. The molecule has 0 fully saturated rings. The Balaban J connectivity index is 4.14.